The number of rotatable bonds is 5. The van der Waals surface area contributed by atoms with E-state index in [1.54, 1.807) is 0 Å². The third-order valence-corrected chi connectivity index (χ3v) is 4.26. The number of sulfone groups is 1. The van der Waals surface area contributed by atoms with Gasteiger partial charge in [-0.05, 0) is 49.4 Å². The second kappa shape index (κ2) is 6.45. The third-order valence-electron chi connectivity index (χ3n) is 3.13. The number of carbonyl (C=O) groups excluding carboxylic acids is 1. The normalized spacial score (nSPS) is 12.7. The van der Waals surface area contributed by atoms with Crippen molar-refractivity contribution in [3.05, 3.63) is 59.7 Å². The predicted octanol–water partition coefficient (Wildman–Crippen LogP) is 3.02. The lowest BCUT2D eigenvalue weighted by Crippen LogP contribution is -2.25. The van der Waals surface area contributed by atoms with Crippen molar-refractivity contribution in [3.63, 3.8) is 0 Å². The Morgan fingerprint density at radius 3 is 2.26 bits per heavy atom. The van der Waals surface area contributed by atoms with Gasteiger partial charge in [-0.3, -0.25) is 4.79 Å². The minimum atomic E-state index is -3.33. The molecule has 0 saturated carbocycles. The molecule has 0 fully saturated rings. The molecule has 2 aromatic rings. The summed E-state index contributed by atoms with van der Waals surface area (Å²) in [7, 11) is -3.33. The minimum absolute atomic E-state index is 0.111. The molecule has 122 valence electrons. The van der Waals surface area contributed by atoms with Crippen molar-refractivity contribution in [2.75, 3.05) is 6.26 Å². The van der Waals surface area contributed by atoms with Gasteiger partial charge in [0.05, 0.1) is 10.5 Å². The van der Waals surface area contributed by atoms with Gasteiger partial charge in [-0.15, -0.1) is 0 Å². The average molecular weight is 340 g/mol. The van der Waals surface area contributed by atoms with E-state index in [0.717, 1.165) is 24.5 Å². The average Bonchev–Trinajstić information content (AvgIpc) is 2.48. The molecule has 7 heteroatoms. The Morgan fingerprint density at radius 2 is 1.70 bits per heavy atom. The summed E-state index contributed by atoms with van der Waals surface area (Å²) in [5, 5.41) is 0. The molecular formula is C16H14F2O4S. The lowest BCUT2D eigenvalue weighted by Gasteiger charge is -2.14. The highest BCUT2D eigenvalue weighted by Crippen LogP contribution is 2.19. The number of hydrogen-bond donors (Lipinski definition) is 0. The van der Waals surface area contributed by atoms with Gasteiger partial charge in [0.1, 0.15) is 17.4 Å². The van der Waals surface area contributed by atoms with E-state index >= 15 is 0 Å². The Labute approximate surface area is 132 Å². The van der Waals surface area contributed by atoms with Crippen LogP contribution in [-0.2, 0) is 9.84 Å². The molecule has 0 aliphatic heterocycles. The molecule has 0 saturated heterocycles. The van der Waals surface area contributed by atoms with Crippen LogP contribution in [0.4, 0.5) is 8.78 Å². The molecule has 0 aliphatic rings. The zero-order valence-corrected chi connectivity index (χ0v) is 13.2. The number of hydrogen-bond acceptors (Lipinski definition) is 4. The van der Waals surface area contributed by atoms with Crippen LogP contribution in [0.3, 0.4) is 0 Å². The molecule has 0 heterocycles. The van der Waals surface area contributed by atoms with Gasteiger partial charge in [-0.1, -0.05) is 0 Å². The van der Waals surface area contributed by atoms with E-state index in [9.17, 15) is 22.0 Å². The lowest BCUT2D eigenvalue weighted by atomic mass is 10.1. The SMILES string of the molecule is C[C@H](Oc1ccc(S(C)(=O)=O)cc1)C(=O)c1cc(F)ccc1F. The van der Waals surface area contributed by atoms with Crippen LogP contribution >= 0.6 is 0 Å². The maximum Gasteiger partial charge on any atom is 0.206 e. The van der Waals surface area contributed by atoms with Crippen molar-refractivity contribution in [1.82, 2.24) is 0 Å². The molecule has 0 aliphatic carbocycles. The molecule has 0 radical (unpaired) electrons. The van der Waals surface area contributed by atoms with Crippen molar-refractivity contribution in [1.29, 1.82) is 0 Å². The highest BCUT2D eigenvalue weighted by atomic mass is 32.2. The standard InChI is InChI=1S/C16H14F2O4S/c1-10(16(19)14-9-11(17)3-8-15(14)18)22-12-4-6-13(7-5-12)23(2,20)21/h3-10H,1-2H3/t10-/m0/s1. The van der Waals surface area contributed by atoms with Crippen LogP contribution in [0.2, 0.25) is 0 Å². The number of benzene rings is 2. The zero-order valence-electron chi connectivity index (χ0n) is 12.4. The van der Waals surface area contributed by atoms with E-state index in [-0.39, 0.29) is 10.6 Å². The monoisotopic (exact) mass is 340 g/mol. The molecule has 0 amide bonds. The fraction of sp³-hybridized carbons (Fsp3) is 0.188. The number of ketones is 1. The first kappa shape index (κ1) is 17.1. The Balaban J connectivity index is 2.17. The molecule has 23 heavy (non-hydrogen) atoms. The molecule has 0 spiro atoms. The number of carbonyl (C=O) groups is 1. The van der Waals surface area contributed by atoms with Gasteiger partial charge in [0, 0.05) is 6.26 Å². The highest BCUT2D eigenvalue weighted by molar-refractivity contribution is 7.90. The molecule has 4 nitrogen and oxygen atoms in total. The third kappa shape index (κ3) is 4.13. The largest absolute Gasteiger partial charge is 0.483 e. The van der Waals surface area contributed by atoms with Crippen LogP contribution in [0, 0.1) is 11.6 Å². The molecule has 1 atom stereocenters. The van der Waals surface area contributed by atoms with Gasteiger partial charge in [0.2, 0.25) is 5.78 Å². The van der Waals surface area contributed by atoms with Gasteiger partial charge >= 0.3 is 0 Å². The Kier molecular flexibility index (Phi) is 4.79. The van der Waals surface area contributed by atoms with Gasteiger partial charge < -0.3 is 4.74 Å². The Morgan fingerprint density at radius 1 is 1.09 bits per heavy atom. The van der Waals surface area contributed by atoms with Gasteiger partial charge in [0.25, 0.3) is 0 Å². The fourth-order valence-electron chi connectivity index (χ4n) is 1.93. The molecule has 2 aromatic carbocycles. The quantitative estimate of drug-likeness (QED) is 0.785. The lowest BCUT2D eigenvalue weighted by molar-refractivity contribution is 0.0813. The smallest absolute Gasteiger partial charge is 0.206 e. The van der Waals surface area contributed by atoms with Crippen molar-refractivity contribution in [2.24, 2.45) is 0 Å². The first-order valence-electron chi connectivity index (χ1n) is 6.64. The van der Waals surface area contributed by atoms with E-state index in [0.29, 0.717) is 0 Å². The van der Waals surface area contributed by atoms with Gasteiger partial charge in [-0.25, -0.2) is 17.2 Å². The van der Waals surface area contributed by atoms with Crippen molar-refractivity contribution in [3.8, 4) is 5.75 Å². The van der Waals surface area contributed by atoms with E-state index < -0.39 is 38.9 Å². The molecule has 0 N–H and O–H groups in total. The van der Waals surface area contributed by atoms with Gasteiger partial charge in [0.15, 0.2) is 15.9 Å². The topological polar surface area (TPSA) is 60.4 Å². The first-order chi connectivity index (χ1) is 10.7. The van der Waals surface area contributed by atoms with Gasteiger partial charge in [-0.2, -0.15) is 0 Å². The number of ether oxygens (including phenoxy) is 1. The maximum absolute atomic E-state index is 13.6. The second-order valence-electron chi connectivity index (χ2n) is 4.99. The van der Waals surface area contributed by atoms with E-state index in [4.69, 9.17) is 4.74 Å². The van der Waals surface area contributed by atoms with Crippen LogP contribution in [0.15, 0.2) is 47.4 Å². The second-order valence-corrected chi connectivity index (χ2v) is 7.01. The number of Topliss-reactive ketones (excluding diaryl/α,β-unsaturated/α-hetero) is 1. The maximum atomic E-state index is 13.6. The predicted molar refractivity (Wildman–Crippen MR) is 80.3 cm³/mol. The van der Waals surface area contributed by atoms with E-state index in [2.05, 4.69) is 0 Å². The molecular weight excluding hydrogens is 326 g/mol. The fourth-order valence-corrected chi connectivity index (χ4v) is 2.56. The summed E-state index contributed by atoms with van der Waals surface area (Å²) in [6, 6.07) is 8.06. The van der Waals surface area contributed by atoms with E-state index in [1.807, 2.05) is 0 Å². The highest BCUT2D eigenvalue weighted by Gasteiger charge is 2.21. The summed E-state index contributed by atoms with van der Waals surface area (Å²) >= 11 is 0. The molecule has 0 unspecified atom stereocenters. The zero-order chi connectivity index (χ0) is 17.2. The molecule has 2 rings (SSSR count). The van der Waals surface area contributed by atoms with Crippen LogP contribution in [-0.4, -0.2) is 26.6 Å². The molecule has 0 bridgehead atoms. The number of halogens is 2. The minimum Gasteiger partial charge on any atom is -0.483 e. The van der Waals surface area contributed by atoms with Crippen LogP contribution in [0.1, 0.15) is 17.3 Å². The molecule has 0 aromatic heterocycles. The summed E-state index contributed by atoms with van der Waals surface area (Å²) in [6.07, 6.45) is 0.0113. The summed E-state index contributed by atoms with van der Waals surface area (Å²) in [5.41, 5.74) is -0.398. The summed E-state index contributed by atoms with van der Waals surface area (Å²) in [6.45, 7) is 1.40. The summed E-state index contributed by atoms with van der Waals surface area (Å²) in [4.78, 5) is 12.2. The van der Waals surface area contributed by atoms with Crippen LogP contribution < -0.4 is 4.74 Å². The van der Waals surface area contributed by atoms with Crippen molar-refractivity contribution < 1.29 is 26.7 Å². The van der Waals surface area contributed by atoms with Crippen LogP contribution in [0.25, 0.3) is 0 Å². The van der Waals surface area contributed by atoms with Crippen molar-refractivity contribution >= 4 is 15.6 Å². The Bertz CT molecular complexity index is 830. The van der Waals surface area contributed by atoms with E-state index in [1.165, 1.54) is 31.2 Å². The van der Waals surface area contributed by atoms with Crippen LogP contribution in [0.5, 0.6) is 5.75 Å². The van der Waals surface area contributed by atoms with Crippen molar-refractivity contribution in [2.45, 2.75) is 17.9 Å². The first-order valence-corrected chi connectivity index (χ1v) is 8.53. The Hall–Kier alpha value is -2.28. The summed E-state index contributed by atoms with van der Waals surface area (Å²) < 4.78 is 54.8. The summed E-state index contributed by atoms with van der Waals surface area (Å²) in [5.74, 6) is -2.03.